The van der Waals surface area contributed by atoms with Gasteiger partial charge in [-0.1, -0.05) is 11.6 Å². The molecule has 138 valence electrons. The van der Waals surface area contributed by atoms with Gasteiger partial charge in [0.05, 0.1) is 18.6 Å². The van der Waals surface area contributed by atoms with E-state index in [-0.39, 0.29) is 12.0 Å². The smallest absolute Gasteiger partial charge is 0.423 e. The zero-order valence-corrected chi connectivity index (χ0v) is 15.6. The molecule has 9 heteroatoms. The molecule has 1 fully saturated rings. The summed E-state index contributed by atoms with van der Waals surface area (Å²) in [6.45, 7) is 2.25. The molecule has 1 aromatic heterocycles. The van der Waals surface area contributed by atoms with Crippen molar-refractivity contribution in [1.29, 1.82) is 5.26 Å². The number of anilines is 3. The van der Waals surface area contributed by atoms with E-state index in [0.717, 1.165) is 41.9 Å². The number of fused-ring (bicyclic) bond motifs is 1. The Hall–Kier alpha value is -2.34. The highest BCUT2D eigenvalue weighted by molar-refractivity contribution is 6.65. The van der Waals surface area contributed by atoms with Crippen LogP contribution in [0.15, 0.2) is 18.3 Å². The molecule has 1 aliphatic carbocycles. The summed E-state index contributed by atoms with van der Waals surface area (Å²) in [4.78, 5) is 8.91. The van der Waals surface area contributed by atoms with Crippen LogP contribution in [0.25, 0.3) is 0 Å². The van der Waals surface area contributed by atoms with Crippen molar-refractivity contribution in [3.63, 3.8) is 0 Å². The second-order valence-electron chi connectivity index (χ2n) is 6.96. The average Bonchev–Trinajstić information content (AvgIpc) is 3.24. The quantitative estimate of drug-likeness (QED) is 0.697. The van der Waals surface area contributed by atoms with Crippen LogP contribution in [0.1, 0.15) is 30.4 Å². The van der Waals surface area contributed by atoms with E-state index in [2.05, 4.69) is 26.7 Å². The van der Waals surface area contributed by atoms with Gasteiger partial charge in [0.15, 0.2) is 0 Å². The van der Waals surface area contributed by atoms with Gasteiger partial charge in [-0.3, -0.25) is 0 Å². The molecule has 0 amide bonds. The number of nitrogens with zero attached hydrogens (tertiary/aromatic N) is 3. The van der Waals surface area contributed by atoms with Gasteiger partial charge in [-0.25, -0.2) is 4.98 Å². The summed E-state index contributed by atoms with van der Waals surface area (Å²) in [5, 5.41) is 26.1. The van der Waals surface area contributed by atoms with Crippen molar-refractivity contribution in [2.45, 2.75) is 38.8 Å². The molecule has 2 heterocycles. The minimum absolute atomic E-state index is 0.0118. The molecule has 2 atom stereocenters. The number of rotatable bonds is 4. The normalized spacial score (nSPS) is 21.0. The lowest BCUT2D eigenvalue weighted by atomic mass is 9.79. The fourth-order valence-electron chi connectivity index (χ4n) is 3.64. The van der Waals surface area contributed by atoms with Crippen molar-refractivity contribution in [3.05, 3.63) is 34.5 Å². The van der Waals surface area contributed by atoms with Crippen LogP contribution in [0.5, 0.6) is 0 Å². The van der Waals surface area contributed by atoms with Crippen LogP contribution in [0, 0.1) is 24.2 Å². The van der Waals surface area contributed by atoms with Gasteiger partial charge in [-0.15, -0.1) is 0 Å². The Kier molecular flexibility index (Phi) is 4.91. The van der Waals surface area contributed by atoms with E-state index in [1.807, 2.05) is 13.0 Å². The van der Waals surface area contributed by atoms with Crippen molar-refractivity contribution >= 4 is 41.6 Å². The van der Waals surface area contributed by atoms with Crippen LogP contribution in [0.4, 0.5) is 17.5 Å². The Labute approximate surface area is 162 Å². The molecule has 3 N–H and O–H groups in total. The number of benzene rings is 1. The Balaban J connectivity index is 1.55. The summed E-state index contributed by atoms with van der Waals surface area (Å²) in [7, 11) is -0.979. The van der Waals surface area contributed by atoms with Crippen molar-refractivity contribution in [2.24, 2.45) is 5.92 Å². The average molecular weight is 384 g/mol. The molecule has 0 spiro atoms. The first kappa shape index (κ1) is 18.0. The van der Waals surface area contributed by atoms with E-state index < -0.39 is 7.12 Å². The van der Waals surface area contributed by atoms with Gasteiger partial charge in [-0.05, 0) is 43.9 Å². The number of nitriles is 1. The second kappa shape index (κ2) is 7.35. The SMILES string of the molecule is Cc1cnc(Nc2cc(Cl)c3c(c2)COB3O)nc1N[C@H]1CCCC1C#N. The maximum absolute atomic E-state index is 9.80. The van der Waals surface area contributed by atoms with Crippen molar-refractivity contribution in [3.8, 4) is 6.07 Å². The molecule has 7 nitrogen and oxygen atoms in total. The topological polar surface area (TPSA) is 103 Å². The van der Waals surface area contributed by atoms with E-state index in [4.69, 9.17) is 16.3 Å². The van der Waals surface area contributed by atoms with E-state index in [1.165, 1.54) is 0 Å². The molecular weight excluding hydrogens is 364 g/mol. The maximum atomic E-state index is 9.80. The first-order valence-corrected chi connectivity index (χ1v) is 9.31. The molecule has 1 saturated carbocycles. The fourth-order valence-corrected chi connectivity index (χ4v) is 3.97. The molecule has 0 saturated heterocycles. The highest BCUT2D eigenvalue weighted by atomic mass is 35.5. The van der Waals surface area contributed by atoms with Crippen LogP contribution >= 0.6 is 11.6 Å². The molecule has 0 radical (unpaired) electrons. The number of hydrogen-bond acceptors (Lipinski definition) is 7. The molecule has 1 aromatic carbocycles. The maximum Gasteiger partial charge on any atom is 0.493 e. The third-order valence-electron chi connectivity index (χ3n) is 5.09. The Morgan fingerprint density at radius 2 is 2.26 bits per heavy atom. The van der Waals surface area contributed by atoms with E-state index in [9.17, 15) is 10.3 Å². The summed E-state index contributed by atoms with van der Waals surface area (Å²) >= 11 is 6.27. The van der Waals surface area contributed by atoms with E-state index in [1.54, 1.807) is 12.3 Å². The molecule has 4 rings (SSSR count). The van der Waals surface area contributed by atoms with Gasteiger partial charge in [0, 0.05) is 34.0 Å². The molecule has 1 aliphatic heterocycles. The molecular formula is C18H19BClN5O2. The van der Waals surface area contributed by atoms with Gasteiger partial charge in [0.1, 0.15) is 5.82 Å². The molecule has 0 bridgehead atoms. The molecule has 27 heavy (non-hydrogen) atoms. The monoisotopic (exact) mass is 383 g/mol. The number of aryl methyl sites for hydroxylation is 1. The highest BCUT2D eigenvalue weighted by Gasteiger charge is 2.30. The van der Waals surface area contributed by atoms with Crippen LogP contribution in [-0.4, -0.2) is 28.2 Å². The predicted molar refractivity (Wildman–Crippen MR) is 104 cm³/mol. The zero-order valence-electron chi connectivity index (χ0n) is 14.9. The van der Waals surface area contributed by atoms with E-state index >= 15 is 0 Å². The second-order valence-corrected chi connectivity index (χ2v) is 7.37. The van der Waals surface area contributed by atoms with Gasteiger partial charge >= 0.3 is 7.12 Å². The summed E-state index contributed by atoms with van der Waals surface area (Å²) in [6.07, 6.45) is 4.68. The van der Waals surface area contributed by atoms with Crippen LogP contribution in [-0.2, 0) is 11.3 Å². The number of hydrogen-bond donors (Lipinski definition) is 3. The summed E-state index contributed by atoms with van der Waals surface area (Å²) in [6, 6.07) is 6.08. The molecule has 1 unspecified atom stereocenters. The van der Waals surface area contributed by atoms with Crippen molar-refractivity contribution in [1.82, 2.24) is 9.97 Å². The van der Waals surface area contributed by atoms with Crippen molar-refractivity contribution in [2.75, 3.05) is 10.6 Å². The van der Waals surface area contributed by atoms with Gasteiger partial charge in [0.2, 0.25) is 5.95 Å². The van der Waals surface area contributed by atoms with Crippen molar-refractivity contribution < 1.29 is 9.68 Å². The molecule has 2 aliphatic rings. The minimum Gasteiger partial charge on any atom is -0.423 e. The van der Waals surface area contributed by atoms with Crippen LogP contribution < -0.4 is 16.1 Å². The summed E-state index contributed by atoms with van der Waals surface area (Å²) in [5.41, 5.74) is 3.10. The summed E-state index contributed by atoms with van der Waals surface area (Å²) in [5.74, 6) is 1.17. The Morgan fingerprint density at radius 1 is 1.41 bits per heavy atom. The highest BCUT2D eigenvalue weighted by Crippen LogP contribution is 2.29. The third-order valence-corrected chi connectivity index (χ3v) is 5.40. The summed E-state index contributed by atoms with van der Waals surface area (Å²) < 4.78 is 5.21. The van der Waals surface area contributed by atoms with E-state index in [0.29, 0.717) is 23.0 Å². The fraction of sp³-hybridized carbons (Fsp3) is 0.389. The first-order valence-electron chi connectivity index (χ1n) is 8.94. The van der Waals surface area contributed by atoms with Crippen LogP contribution in [0.2, 0.25) is 5.02 Å². The predicted octanol–water partition coefficient (Wildman–Crippen LogP) is 2.50. The minimum atomic E-state index is -0.979. The van der Waals surface area contributed by atoms with Crippen LogP contribution in [0.3, 0.4) is 0 Å². The molecule has 2 aromatic rings. The zero-order chi connectivity index (χ0) is 19.0. The lowest BCUT2D eigenvalue weighted by Crippen LogP contribution is -2.29. The van der Waals surface area contributed by atoms with Gasteiger partial charge < -0.3 is 20.3 Å². The lowest BCUT2D eigenvalue weighted by Gasteiger charge is -2.18. The first-order chi connectivity index (χ1) is 13.0. The Bertz CT molecular complexity index is 919. The van der Waals surface area contributed by atoms with Gasteiger partial charge in [-0.2, -0.15) is 10.2 Å². The lowest BCUT2D eigenvalue weighted by molar-refractivity contribution is 0.275. The van der Waals surface area contributed by atoms with Gasteiger partial charge in [0.25, 0.3) is 0 Å². The standard InChI is InChI=1S/C18H19BClN5O2/c1-10-8-22-18(25-17(10)24-15-4-2-3-11(15)7-21)23-13-5-12-9-27-19(26)16(12)14(20)6-13/h5-6,8,11,15,26H,2-4,9H2,1H3,(H2,22,23,24,25)/t11?,15-/m0/s1. The largest absolute Gasteiger partial charge is 0.493 e. The third kappa shape index (κ3) is 3.58. The Morgan fingerprint density at radius 3 is 3.07 bits per heavy atom. The number of nitrogens with one attached hydrogen (secondary N) is 2. The number of aromatic nitrogens is 2. The number of halogens is 1.